The first-order valence-electron chi connectivity index (χ1n) is 6.26. The smallest absolute Gasteiger partial charge is 0.312 e. The molecule has 0 heterocycles. The maximum absolute atomic E-state index is 11.4. The number of carboxylic acids is 1. The van der Waals surface area contributed by atoms with Gasteiger partial charge in [-0.3, -0.25) is 4.79 Å². The van der Waals surface area contributed by atoms with E-state index in [1.165, 1.54) is 14.2 Å². The van der Waals surface area contributed by atoms with Crippen LogP contribution in [-0.2, 0) is 4.79 Å². The number of benzene rings is 1. The Morgan fingerprint density at radius 2 is 1.90 bits per heavy atom. The number of rotatable bonds is 6. The highest BCUT2D eigenvalue weighted by atomic mass is 35.5. The molecule has 112 valence electrons. The molecule has 0 aliphatic heterocycles. The van der Waals surface area contributed by atoms with Gasteiger partial charge in [0.05, 0.1) is 25.2 Å². The van der Waals surface area contributed by atoms with Gasteiger partial charge in [-0.1, -0.05) is 25.4 Å². The summed E-state index contributed by atoms with van der Waals surface area (Å²) in [4.78, 5) is 11.4. The van der Waals surface area contributed by atoms with Crippen LogP contribution in [0, 0.1) is 0 Å². The Bertz CT molecular complexity index is 502. The number of nitrogens with two attached hydrogens (primary N) is 1. The second-order valence-electron chi connectivity index (χ2n) is 4.71. The molecule has 0 radical (unpaired) electrons. The van der Waals surface area contributed by atoms with E-state index in [2.05, 4.69) is 0 Å². The molecule has 20 heavy (non-hydrogen) atoms. The van der Waals surface area contributed by atoms with Gasteiger partial charge in [-0.2, -0.15) is 0 Å². The second-order valence-corrected chi connectivity index (χ2v) is 5.12. The largest absolute Gasteiger partial charge is 0.492 e. The highest BCUT2D eigenvalue weighted by molar-refractivity contribution is 6.32. The minimum Gasteiger partial charge on any atom is -0.492 e. The summed E-state index contributed by atoms with van der Waals surface area (Å²) in [6.45, 7) is 3.88. The van der Waals surface area contributed by atoms with Gasteiger partial charge in [0.15, 0.2) is 11.5 Å². The Morgan fingerprint density at radius 1 is 1.35 bits per heavy atom. The minimum absolute atomic E-state index is 0.0130. The van der Waals surface area contributed by atoms with E-state index in [0.29, 0.717) is 22.1 Å². The molecule has 1 aromatic rings. The standard InChI is InChI=1S/C14H20ClNO4/c1-7(2)11-8(9(6-16)14(17)18)5-10(15)12(19-3)13(11)20-4/h5,7,9H,6,16H2,1-4H3,(H,17,18). The lowest BCUT2D eigenvalue weighted by atomic mass is 9.87. The molecule has 1 atom stereocenters. The average Bonchev–Trinajstić information content (AvgIpc) is 2.37. The van der Waals surface area contributed by atoms with Crippen LogP contribution in [0.4, 0.5) is 0 Å². The zero-order chi connectivity index (χ0) is 15.4. The van der Waals surface area contributed by atoms with Crippen molar-refractivity contribution in [2.24, 2.45) is 5.73 Å². The molecule has 1 aromatic carbocycles. The van der Waals surface area contributed by atoms with Crippen molar-refractivity contribution in [3.8, 4) is 11.5 Å². The van der Waals surface area contributed by atoms with Crippen molar-refractivity contribution in [2.45, 2.75) is 25.7 Å². The molecule has 0 spiro atoms. The fourth-order valence-corrected chi connectivity index (χ4v) is 2.56. The van der Waals surface area contributed by atoms with E-state index >= 15 is 0 Å². The van der Waals surface area contributed by atoms with Crippen molar-refractivity contribution >= 4 is 17.6 Å². The summed E-state index contributed by atoms with van der Waals surface area (Å²) >= 11 is 6.16. The van der Waals surface area contributed by atoms with Crippen LogP contribution in [0.15, 0.2) is 6.07 Å². The molecular weight excluding hydrogens is 282 g/mol. The second kappa shape index (κ2) is 6.81. The summed E-state index contributed by atoms with van der Waals surface area (Å²) in [6.07, 6.45) is 0. The number of halogens is 1. The Hall–Kier alpha value is -1.46. The summed E-state index contributed by atoms with van der Waals surface area (Å²) in [6, 6.07) is 1.60. The number of methoxy groups -OCH3 is 2. The van der Waals surface area contributed by atoms with Gasteiger partial charge < -0.3 is 20.3 Å². The van der Waals surface area contributed by atoms with Crippen LogP contribution in [0.5, 0.6) is 11.5 Å². The fraction of sp³-hybridized carbons (Fsp3) is 0.500. The highest BCUT2D eigenvalue weighted by Crippen LogP contribution is 2.45. The number of aliphatic carboxylic acids is 1. The van der Waals surface area contributed by atoms with E-state index < -0.39 is 11.9 Å². The molecular formula is C14H20ClNO4. The Kier molecular flexibility index (Phi) is 5.65. The zero-order valence-corrected chi connectivity index (χ0v) is 12.8. The lowest BCUT2D eigenvalue weighted by molar-refractivity contribution is -0.138. The van der Waals surface area contributed by atoms with Crippen LogP contribution in [0.2, 0.25) is 5.02 Å². The van der Waals surface area contributed by atoms with Crippen LogP contribution in [0.1, 0.15) is 36.8 Å². The number of hydrogen-bond acceptors (Lipinski definition) is 4. The van der Waals surface area contributed by atoms with Gasteiger partial charge in [-0.05, 0) is 17.5 Å². The third kappa shape index (κ3) is 2.99. The maximum Gasteiger partial charge on any atom is 0.312 e. The van der Waals surface area contributed by atoms with E-state index in [4.69, 9.17) is 26.8 Å². The number of hydrogen-bond donors (Lipinski definition) is 2. The predicted molar refractivity (Wildman–Crippen MR) is 78.1 cm³/mol. The van der Waals surface area contributed by atoms with Crippen LogP contribution in [-0.4, -0.2) is 31.8 Å². The average molecular weight is 302 g/mol. The van der Waals surface area contributed by atoms with Crippen molar-refractivity contribution in [3.63, 3.8) is 0 Å². The first-order chi connectivity index (χ1) is 9.38. The minimum atomic E-state index is -0.988. The first-order valence-corrected chi connectivity index (χ1v) is 6.63. The van der Waals surface area contributed by atoms with Crippen LogP contribution < -0.4 is 15.2 Å². The predicted octanol–water partition coefficient (Wildman–Crippen LogP) is 2.61. The first kappa shape index (κ1) is 16.6. The van der Waals surface area contributed by atoms with E-state index in [1.807, 2.05) is 13.8 Å². The Balaban J connectivity index is 3.67. The van der Waals surface area contributed by atoms with Gasteiger partial charge in [0.1, 0.15) is 0 Å². The van der Waals surface area contributed by atoms with Gasteiger partial charge in [0, 0.05) is 12.1 Å². The Labute approximate surface area is 123 Å². The number of ether oxygens (including phenoxy) is 2. The zero-order valence-electron chi connectivity index (χ0n) is 12.1. The van der Waals surface area contributed by atoms with Crippen molar-refractivity contribution in [1.29, 1.82) is 0 Å². The number of carboxylic acid groups (broad SMARTS) is 1. The molecule has 0 bridgehead atoms. The SMILES string of the molecule is COc1c(Cl)cc(C(CN)C(=O)O)c(C(C)C)c1OC. The van der Waals surface area contributed by atoms with Crippen molar-refractivity contribution < 1.29 is 19.4 Å². The van der Waals surface area contributed by atoms with Crippen LogP contribution >= 0.6 is 11.6 Å². The molecule has 0 aliphatic carbocycles. The topological polar surface area (TPSA) is 81.8 Å². The molecule has 0 saturated carbocycles. The molecule has 6 heteroatoms. The summed E-state index contributed by atoms with van der Waals surface area (Å²) in [5.41, 5.74) is 6.91. The molecule has 1 rings (SSSR count). The molecule has 1 unspecified atom stereocenters. The highest BCUT2D eigenvalue weighted by Gasteiger charge is 2.28. The monoisotopic (exact) mass is 301 g/mol. The summed E-state index contributed by atoms with van der Waals surface area (Å²) in [5.74, 6) is -0.908. The fourth-order valence-electron chi connectivity index (χ4n) is 2.28. The summed E-state index contributed by atoms with van der Waals surface area (Å²) in [5, 5.41) is 9.63. The Morgan fingerprint density at radius 3 is 2.25 bits per heavy atom. The quantitative estimate of drug-likeness (QED) is 0.844. The maximum atomic E-state index is 11.4. The van der Waals surface area contributed by atoms with Crippen molar-refractivity contribution in [2.75, 3.05) is 20.8 Å². The number of carbonyl (C=O) groups is 1. The van der Waals surface area contributed by atoms with Crippen molar-refractivity contribution in [1.82, 2.24) is 0 Å². The van der Waals surface area contributed by atoms with Crippen LogP contribution in [0.3, 0.4) is 0 Å². The van der Waals surface area contributed by atoms with E-state index in [1.54, 1.807) is 6.07 Å². The normalized spacial score (nSPS) is 12.3. The molecule has 5 nitrogen and oxygen atoms in total. The molecule has 3 N–H and O–H groups in total. The van der Waals surface area contributed by atoms with E-state index in [9.17, 15) is 9.90 Å². The molecule has 0 aliphatic rings. The van der Waals surface area contributed by atoms with Gasteiger partial charge in [0.25, 0.3) is 0 Å². The molecule has 0 saturated heterocycles. The third-order valence-electron chi connectivity index (χ3n) is 3.16. The lowest BCUT2D eigenvalue weighted by Gasteiger charge is -2.23. The molecule has 0 aromatic heterocycles. The van der Waals surface area contributed by atoms with Crippen LogP contribution in [0.25, 0.3) is 0 Å². The van der Waals surface area contributed by atoms with Gasteiger partial charge in [0.2, 0.25) is 0 Å². The van der Waals surface area contributed by atoms with Crippen molar-refractivity contribution in [3.05, 3.63) is 22.2 Å². The third-order valence-corrected chi connectivity index (χ3v) is 3.44. The van der Waals surface area contributed by atoms with E-state index in [0.717, 1.165) is 5.56 Å². The molecule has 0 amide bonds. The molecule has 0 fully saturated rings. The van der Waals surface area contributed by atoms with Gasteiger partial charge in [-0.25, -0.2) is 0 Å². The van der Waals surface area contributed by atoms with Gasteiger partial charge in [-0.15, -0.1) is 0 Å². The summed E-state index contributed by atoms with van der Waals surface area (Å²) < 4.78 is 10.6. The lowest BCUT2D eigenvalue weighted by Crippen LogP contribution is -2.23. The summed E-state index contributed by atoms with van der Waals surface area (Å²) in [7, 11) is 2.99. The van der Waals surface area contributed by atoms with Gasteiger partial charge >= 0.3 is 5.97 Å². The van der Waals surface area contributed by atoms with E-state index in [-0.39, 0.29) is 12.5 Å².